The molecule has 0 unspecified atom stereocenters. The van der Waals surface area contributed by atoms with Crippen molar-refractivity contribution in [1.82, 2.24) is 9.78 Å². The van der Waals surface area contributed by atoms with E-state index in [9.17, 15) is 9.59 Å². The number of nitrogens with one attached hydrogen (secondary N) is 1. The highest BCUT2D eigenvalue weighted by molar-refractivity contribution is 6.32. The summed E-state index contributed by atoms with van der Waals surface area (Å²) in [6.45, 7) is 8.37. The standard InChI is InChI=1S/C30H30ClN3O4/c1-18-14-25(15-19(2)27(18)31)38-17-22-10-12-23(13-11-22)29(35)32-28-20(3)33-34(21(28)4)16-24-8-6-7-9-26(24)30(36)37-5/h6-15H,16-17H2,1-5H3,(H,32,35). The van der Waals surface area contributed by atoms with Gasteiger partial charge in [-0.05, 0) is 80.3 Å². The highest BCUT2D eigenvalue weighted by Crippen LogP contribution is 2.27. The van der Waals surface area contributed by atoms with Crippen LogP contribution in [0.4, 0.5) is 5.69 Å². The van der Waals surface area contributed by atoms with Gasteiger partial charge in [0.05, 0.1) is 36.3 Å². The molecule has 0 radical (unpaired) electrons. The molecule has 0 aliphatic carbocycles. The molecule has 0 aliphatic heterocycles. The first-order chi connectivity index (χ1) is 18.2. The van der Waals surface area contributed by atoms with Crippen molar-refractivity contribution in [2.24, 2.45) is 0 Å². The number of hydrogen-bond donors (Lipinski definition) is 1. The van der Waals surface area contributed by atoms with Crippen LogP contribution in [0.3, 0.4) is 0 Å². The Morgan fingerprint density at radius 2 is 1.63 bits per heavy atom. The maximum Gasteiger partial charge on any atom is 0.338 e. The molecule has 3 aromatic carbocycles. The third kappa shape index (κ3) is 5.89. The van der Waals surface area contributed by atoms with E-state index in [1.165, 1.54) is 7.11 Å². The number of aryl methyl sites for hydroxylation is 3. The van der Waals surface area contributed by atoms with E-state index < -0.39 is 5.97 Å². The second kappa shape index (κ2) is 11.5. The molecule has 7 nitrogen and oxygen atoms in total. The maximum atomic E-state index is 13.0. The van der Waals surface area contributed by atoms with Crippen LogP contribution in [0.1, 0.15) is 54.4 Å². The summed E-state index contributed by atoms with van der Waals surface area (Å²) in [4.78, 5) is 25.2. The van der Waals surface area contributed by atoms with Crippen LogP contribution in [-0.2, 0) is 17.9 Å². The van der Waals surface area contributed by atoms with Crippen LogP contribution in [0, 0.1) is 27.7 Å². The van der Waals surface area contributed by atoms with Gasteiger partial charge >= 0.3 is 5.97 Å². The molecule has 0 saturated carbocycles. The fraction of sp³-hybridized carbons (Fsp3) is 0.233. The molecule has 0 fully saturated rings. The molecule has 0 bridgehead atoms. The summed E-state index contributed by atoms with van der Waals surface area (Å²) in [6, 6.07) is 18.4. The Kier molecular flexibility index (Phi) is 8.17. The van der Waals surface area contributed by atoms with Crippen LogP contribution >= 0.6 is 11.6 Å². The smallest absolute Gasteiger partial charge is 0.338 e. The zero-order chi connectivity index (χ0) is 27.4. The van der Waals surface area contributed by atoms with Crippen molar-refractivity contribution < 1.29 is 19.1 Å². The summed E-state index contributed by atoms with van der Waals surface area (Å²) in [5.41, 5.74) is 6.78. The molecule has 1 heterocycles. The van der Waals surface area contributed by atoms with E-state index in [4.69, 9.17) is 21.1 Å². The monoisotopic (exact) mass is 531 g/mol. The molecule has 0 atom stereocenters. The lowest BCUT2D eigenvalue weighted by atomic mass is 10.1. The second-order valence-corrected chi connectivity index (χ2v) is 9.54. The lowest BCUT2D eigenvalue weighted by molar-refractivity contribution is 0.0599. The quantitative estimate of drug-likeness (QED) is 0.265. The normalized spacial score (nSPS) is 10.8. The molecule has 4 aromatic rings. The zero-order valence-electron chi connectivity index (χ0n) is 22.1. The first-order valence-electron chi connectivity index (χ1n) is 12.2. The molecule has 0 spiro atoms. The Labute approximate surface area is 227 Å². The van der Waals surface area contributed by atoms with Crippen molar-refractivity contribution in [3.05, 3.63) is 110 Å². The Balaban J connectivity index is 1.43. The summed E-state index contributed by atoms with van der Waals surface area (Å²) in [5.74, 6) is 0.119. The van der Waals surface area contributed by atoms with Crippen molar-refractivity contribution in [3.8, 4) is 5.75 Å². The van der Waals surface area contributed by atoms with Crippen molar-refractivity contribution >= 4 is 29.2 Å². The van der Waals surface area contributed by atoms with E-state index in [-0.39, 0.29) is 5.91 Å². The Bertz CT molecular complexity index is 1470. The third-order valence-electron chi connectivity index (χ3n) is 6.39. The number of anilines is 1. The van der Waals surface area contributed by atoms with Gasteiger partial charge in [-0.1, -0.05) is 41.9 Å². The molecular formula is C30H30ClN3O4. The number of benzene rings is 3. The van der Waals surface area contributed by atoms with Crippen molar-refractivity contribution in [2.45, 2.75) is 40.8 Å². The average Bonchev–Trinajstić information content (AvgIpc) is 3.17. The van der Waals surface area contributed by atoms with Crippen LogP contribution < -0.4 is 10.1 Å². The lowest BCUT2D eigenvalue weighted by Gasteiger charge is -2.11. The Hall–Kier alpha value is -4.10. The van der Waals surface area contributed by atoms with E-state index in [1.807, 2.05) is 64.1 Å². The molecule has 0 saturated heterocycles. The summed E-state index contributed by atoms with van der Waals surface area (Å²) in [7, 11) is 1.36. The first kappa shape index (κ1) is 26.9. The molecule has 8 heteroatoms. The molecular weight excluding hydrogens is 502 g/mol. The van der Waals surface area contributed by atoms with Gasteiger partial charge in [0.25, 0.3) is 5.91 Å². The van der Waals surface area contributed by atoms with Crippen LogP contribution in [0.2, 0.25) is 5.02 Å². The first-order valence-corrected chi connectivity index (χ1v) is 12.6. The Morgan fingerprint density at radius 3 is 2.29 bits per heavy atom. The van der Waals surface area contributed by atoms with Crippen LogP contribution in [0.25, 0.3) is 0 Å². The maximum absolute atomic E-state index is 13.0. The zero-order valence-corrected chi connectivity index (χ0v) is 22.8. The van der Waals surface area contributed by atoms with Crippen molar-refractivity contribution in [3.63, 3.8) is 0 Å². The number of methoxy groups -OCH3 is 1. The van der Waals surface area contributed by atoms with Gasteiger partial charge in [-0.25, -0.2) is 4.79 Å². The van der Waals surface area contributed by atoms with Gasteiger partial charge in [-0.2, -0.15) is 5.10 Å². The van der Waals surface area contributed by atoms with E-state index in [1.54, 1.807) is 28.9 Å². The van der Waals surface area contributed by atoms with E-state index in [2.05, 4.69) is 10.4 Å². The molecule has 196 valence electrons. The third-order valence-corrected chi connectivity index (χ3v) is 6.99. The Morgan fingerprint density at radius 1 is 0.974 bits per heavy atom. The summed E-state index contributed by atoms with van der Waals surface area (Å²) >= 11 is 6.24. The fourth-order valence-corrected chi connectivity index (χ4v) is 4.36. The van der Waals surface area contributed by atoms with Gasteiger partial charge in [-0.15, -0.1) is 0 Å². The van der Waals surface area contributed by atoms with Crippen molar-refractivity contribution in [1.29, 1.82) is 0 Å². The highest BCUT2D eigenvalue weighted by Gasteiger charge is 2.18. The van der Waals surface area contributed by atoms with E-state index >= 15 is 0 Å². The van der Waals surface area contributed by atoms with Gasteiger partial charge < -0.3 is 14.8 Å². The van der Waals surface area contributed by atoms with Crippen LogP contribution in [0.5, 0.6) is 5.75 Å². The summed E-state index contributed by atoms with van der Waals surface area (Å²) < 4.78 is 12.6. The van der Waals surface area contributed by atoms with Crippen molar-refractivity contribution in [2.75, 3.05) is 12.4 Å². The lowest BCUT2D eigenvalue weighted by Crippen LogP contribution is -2.14. The molecule has 1 amide bonds. The topological polar surface area (TPSA) is 82.5 Å². The number of nitrogens with zero attached hydrogens (tertiary/aromatic N) is 2. The second-order valence-electron chi connectivity index (χ2n) is 9.16. The molecule has 4 rings (SSSR count). The number of carbonyl (C=O) groups is 2. The molecule has 1 N–H and O–H groups in total. The summed E-state index contributed by atoms with van der Waals surface area (Å²) in [6.07, 6.45) is 0. The number of esters is 1. The van der Waals surface area contributed by atoms with E-state index in [0.717, 1.165) is 38.7 Å². The number of carbonyl (C=O) groups excluding carboxylic acids is 2. The minimum absolute atomic E-state index is 0.234. The fourth-order valence-electron chi connectivity index (χ4n) is 4.25. The molecule has 1 aromatic heterocycles. The van der Waals surface area contributed by atoms with Gasteiger partial charge in [0.2, 0.25) is 0 Å². The average molecular weight is 532 g/mol. The molecule has 0 aliphatic rings. The summed E-state index contributed by atoms with van der Waals surface area (Å²) in [5, 5.41) is 8.32. The highest BCUT2D eigenvalue weighted by atomic mass is 35.5. The van der Waals surface area contributed by atoms with Crippen LogP contribution in [0.15, 0.2) is 60.7 Å². The van der Waals surface area contributed by atoms with Gasteiger partial charge in [0, 0.05) is 10.6 Å². The van der Waals surface area contributed by atoms with Gasteiger partial charge in [0.15, 0.2) is 0 Å². The van der Waals surface area contributed by atoms with Crippen LogP contribution in [-0.4, -0.2) is 28.8 Å². The number of hydrogen-bond acceptors (Lipinski definition) is 5. The molecule has 38 heavy (non-hydrogen) atoms. The van der Waals surface area contributed by atoms with E-state index in [0.29, 0.717) is 35.7 Å². The largest absolute Gasteiger partial charge is 0.489 e. The number of halogens is 1. The SMILES string of the molecule is COC(=O)c1ccccc1Cn1nc(C)c(NC(=O)c2ccc(COc3cc(C)c(Cl)c(C)c3)cc2)c1C. The predicted molar refractivity (Wildman–Crippen MR) is 148 cm³/mol. The minimum atomic E-state index is -0.400. The number of aromatic nitrogens is 2. The number of amides is 1. The number of ether oxygens (including phenoxy) is 2. The predicted octanol–water partition coefficient (Wildman–Crippen LogP) is 6.44. The van der Waals surface area contributed by atoms with Gasteiger partial charge in [-0.3, -0.25) is 9.48 Å². The number of rotatable bonds is 8. The minimum Gasteiger partial charge on any atom is -0.489 e. The van der Waals surface area contributed by atoms with Gasteiger partial charge in [0.1, 0.15) is 12.4 Å².